The molecule has 0 saturated carbocycles. The van der Waals surface area contributed by atoms with E-state index in [1.807, 2.05) is 36.4 Å². The molecule has 0 heterocycles. The van der Waals surface area contributed by atoms with Crippen LogP contribution in [0.3, 0.4) is 0 Å². The summed E-state index contributed by atoms with van der Waals surface area (Å²) in [5.74, 6) is -0.0551. The number of Topliss-reactive ketones (excluding diaryl/α,β-unsaturated/α-hetero) is 1. The molecule has 0 amide bonds. The van der Waals surface area contributed by atoms with E-state index in [1.165, 1.54) is 19.1 Å². The monoisotopic (exact) mass is 280 g/mol. The number of fused-ring (bicyclic) bond motifs is 1. The Morgan fingerprint density at radius 3 is 2.43 bits per heavy atom. The Hall–Kier alpha value is -2.68. The van der Waals surface area contributed by atoms with Crippen molar-refractivity contribution in [1.29, 1.82) is 0 Å². The van der Waals surface area contributed by atoms with Gasteiger partial charge in [-0.2, -0.15) is 0 Å². The van der Waals surface area contributed by atoms with E-state index in [2.05, 4.69) is 0 Å². The van der Waals surface area contributed by atoms with Gasteiger partial charge in [0.2, 0.25) is 0 Å². The molecular weight excluding hydrogens is 267 g/mol. The fourth-order valence-corrected chi connectivity index (χ4v) is 2.16. The van der Waals surface area contributed by atoms with Gasteiger partial charge in [-0.15, -0.1) is 0 Å². The predicted molar refractivity (Wildman–Crippen MR) is 80.4 cm³/mol. The van der Waals surface area contributed by atoms with Crippen molar-refractivity contribution in [2.45, 2.75) is 6.92 Å². The van der Waals surface area contributed by atoms with Crippen LogP contribution in [0.4, 0.5) is 4.39 Å². The van der Waals surface area contributed by atoms with Crippen LogP contribution in [0.5, 0.6) is 11.5 Å². The molecule has 0 spiro atoms. The number of benzene rings is 3. The van der Waals surface area contributed by atoms with E-state index in [0.29, 0.717) is 11.3 Å². The first-order valence-corrected chi connectivity index (χ1v) is 6.60. The third kappa shape index (κ3) is 2.77. The van der Waals surface area contributed by atoms with Gasteiger partial charge in [0.1, 0.15) is 5.75 Å². The average molecular weight is 280 g/mol. The largest absolute Gasteiger partial charge is 0.454 e. The maximum Gasteiger partial charge on any atom is 0.166 e. The lowest BCUT2D eigenvalue weighted by Crippen LogP contribution is -1.95. The average Bonchev–Trinajstić information content (AvgIpc) is 2.49. The molecule has 3 aromatic rings. The zero-order chi connectivity index (χ0) is 14.8. The highest BCUT2D eigenvalue weighted by Crippen LogP contribution is 2.28. The molecule has 0 aliphatic heterocycles. The number of halogens is 1. The molecule has 2 nitrogen and oxygen atoms in total. The summed E-state index contributed by atoms with van der Waals surface area (Å²) in [6.07, 6.45) is 0. The Morgan fingerprint density at radius 2 is 1.71 bits per heavy atom. The molecule has 0 fully saturated rings. The Labute approximate surface area is 121 Å². The SMILES string of the molecule is CC(=O)c1ccc(Oc2ccc3ccccc3c2)c(F)c1. The van der Waals surface area contributed by atoms with E-state index in [9.17, 15) is 9.18 Å². The van der Waals surface area contributed by atoms with E-state index in [1.54, 1.807) is 12.1 Å². The Kier molecular flexibility index (Phi) is 3.40. The molecule has 3 heteroatoms. The van der Waals surface area contributed by atoms with Crippen molar-refractivity contribution >= 4 is 16.6 Å². The number of hydrogen-bond donors (Lipinski definition) is 0. The predicted octanol–water partition coefficient (Wildman–Crippen LogP) is 4.97. The first-order valence-electron chi connectivity index (χ1n) is 6.60. The Balaban J connectivity index is 1.93. The number of ether oxygens (including phenoxy) is 1. The number of rotatable bonds is 3. The second kappa shape index (κ2) is 5.37. The van der Waals surface area contributed by atoms with Crippen LogP contribution in [-0.2, 0) is 0 Å². The number of ketones is 1. The summed E-state index contributed by atoms with van der Waals surface area (Å²) in [6.45, 7) is 1.40. The van der Waals surface area contributed by atoms with Crippen LogP contribution in [-0.4, -0.2) is 5.78 Å². The molecule has 0 atom stereocenters. The fourth-order valence-electron chi connectivity index (χ4n) is 2.16. The molecular formula is C18H13FO2. The third-order valence-corrected chi connectivity index (χ3v) is 3.29. The van der Waals surface area contributed by atoms with Crippen molar-refractivity contribution in [1.82, 2.24) is 0 Å². The summed E-state index contributed by atoms with van der Waals surface area (Å²) in [4.78, 5) is 11.2. The van der Waals surface area contributed by atoms with E-state index < -0.39 is 5.82 Å². The molecule has 0 unspecified atom stereocenters. The molecule has 0 radical (unpaired) electrons. The molecule has 104 valence electrons. The normalized spacial score (nSPS) is 10.6. The van der Waals surface area contributed by atoms with Crippen molar-refractivity contribution in [3.8, 4) is 11.5 Å². The summed E-state index contributed by atoms with van der Waals surface area (Å²) >= 11 is 0. The van der Waals surface area contributed by atoms with Crippen molar-refractivity contribution < 1.29 is 13.9 Å². The van der Waals surface area contributed by atoms with Gasteiger partial charge in [-0.3, -0.25) is 4.79 Å². The molecule has 0 aliphatic carbocycles. The smallest absolute Gasteiger partial charge is 0.166 e. The van der Waals surface area contributed by atoms with Crippen molar-refractivity contribution in [3.63, 3.8) is 0 Å². The quantitative estimate of drug-likeness (QED) is 0.633. The maximum atomic E-state index is 13.9. The highest BCUT2D eigenvalue weighted by Gasteiger charge is 2.08. The third-order valence-electron chi connectivity index (χ3n) is 3.29. The zero-order valence-corrected chi connectivity index (χ0v) is 11.5. The number of carbonyl (C=O) groups is 1. The highest BCUT2D eigenvalue weighted by molar-refractivity contribution is 5.94. The molecule has 0 saturated heterocycles. The van der Waals surface area contributed by atoms with Gasteiger partial charge in [0.15, 0.2) is 17.3 Å². The molecule has 0 N–H and O–H groups in total. The van der Waals surface area contributed by atoms with Crippen LogP contribution < -0.4 is 4.74 Å². The summed E-state index contributed by atoms with van der Waals surface area (Å²) in [7, 11) is 0. The Morgan fingerprint density at radius 1 is 0.952 bits per heavy atom. The van der Waals surface area contributed by atoms with E-state index in [-0.39, 0.29) is 11.5 Å². The first kappa shape index (κ1) is 13.3. The molecule has 3 aromatic carbocycles. The van der Waals surface area contributed by atoms with E-state index in [4.69, 9.17) is 4.74 Å². The van der Waals surface area contributed by atoms with Gasteiger partial charge in [0.05, 0.1) is 0 Å². The van der Waals surface area contributed by atoms with E-state index >= 15 is 0 Å². The molecule has 0 aliphatic rings. The number of carbonyl (C=O) groups excluding carboxylic acids is 1. The molecule has 3 rings (SSSR count). The standard InChI is InChI=1S/C18H13FO2/c1-12(20)14-7-9-18(17(19)11-14)21-16-8-6-13-4-2-3-5-15(13)10-16/h2-11H,1H3. The lowest BCUT2D eigenvalue weighted by molar-refractivity contribution is 0.101. The summed E-state index contributed by atoms with van der Waals surface area (Å²) in [5, 5.41) is 2.12. The highest BCUT2D eigenvalue weighted by atomic mass is 19.1. The van der Waals surface area contributed by atoms with Crippen LogP contribution in [0.2, 0.25) is 0 Å². The van der Waals surface area contributed by atoms with Crippen LogP contribution in [0.1, 0.15) is 17.3 Å². The van der Waals surface area contributed by atoms with Crippen LogP contribution in [0.15, 0.2) is 60.7 Å². The minimum absolute atomic E-state index is 0.107. The minimum atomic E-state index is -0.546. The lowest BCUT2D eigenvalue weighted by atomic mass is 10.1. The van der Waals surface area contributed by atoms with Crippen LogP contribution in [0, 0.1) is 5.82 Å². The number of hydrogen-bond acceptors (Lipinski definition) is 2. The minimum Gasteiger partial charge on any atom is -0.454 e. The topological polar surface area (TPSA) is 26.3 Å². The van der Waals surface area contributed by atoms with Crippen LogP contribution >= 0.6 is 0 Å². The van der Waals surface area contributed by atoms with Gasteiger partial charge in [-0.05, 0) is 48.0 Å². The van der Waals surface area contributed by atoms with Gasteiger partial charge < -0.3 is 4.74 Å². The van der Waals surface area contributed by atoms with Crippen LogP contribution in [0.25, 0.3) is 10.8 Å². The molecule has 0 bridgehead atoms. The van der Waals surface area contributed by atoms with Crippen molar-refractivity contribution in [2.24, 2.45) is 0 Å². The Bertz CT molecular complexity index is 824. The maximum absolute atomic E-state index is 13.9. The summed E-state index contributed by atoms with van der Waals surface area (Å²) in [5.41, 5.74) is 0.332. The zero-order valence-electron chi connectivity index (χ0n) is 11.5. The van der Waals surface area contributed by atoms with Crippen molar-refractivity contribution in [3.05, 3.63) is 72.0 Å². The summed E-state index contributed by atoms with van der Waals surface area (Å²) in [6, 6.07) is 17.7. The van der Waals surface area contributed by atoms with Crippen molar-refractivity contribution in [2.75, 3.05) is 0 Å². The van der Waals surface area contributed by atoms with Gasteiger partial charge >= 0.3 is 0 Å². The molecule has 21 heavy (non-hydrogen) atoms. The van der Waals surface area contributed by atoms with Gasteiger partial charge in [0.25, 0.3) is 0 Å². The lowest BCUT2D eigenvalue weighted by Gasteiger charge is -2.08. The fraction of sp³-hybridized carbons (Fsp3) is 0.0556. The van der Waals surface area contributed by atoms with Gasteiger partial charge in [0, 0.05) is 5.56 Å². The second-order valence-electron chi connectivity index (χ2n) is 4.81. The summed E-state index contributed by atoms with van der Waals surface area (Å²) < 4.78 is 19.5. The molecule has 0 aromatic heterocycles. The van der Waals surface area contributed by atoms with Gasteiger partial charge in [-0.25, -0.2) is 4.39 Å². The first-order chi connectivity index (χ1) is 10.1. The van der Waals surface area contributed by atoms with Gasteiger partial charge in [-0.1, -0.05) is 30.3 Å². The van der Waals surface area contributed by atoms with E-state index in [0.717, 1.165) is 10.8 Å². The second-order valence-corrected chi connectivity index (χ2v) is 4.81.